The Hall–Kier alpha value is -2.00. The number of hydrogen-bond acceptors (Lipinski definition) is 3. The first-order chi connectivity index (χ1) is 10.3. The second-order valence-corrected chi connectivity index (χ2v) is 4.80. The van der Waals surface area contributed by atoms with Gasteiger partial charge in [0.2, 0.25) is 0 Å². The van der Waals surface area contributed by atoms with Gasteiger partial charge in [-0.15, -0.1) is 0 Å². The standard InChI is InChI=1S/C18H23NO2/c1-4-17(19-3)16-11-6-7-12-18(16)21-15-10-8-9-14(13-15)20-5-2/h6-13,17,19H,4-5H2,1-3H3. The molecule has 0 fully saturated rings. The van der Waals surface area contributed by atoms with Crippen LogP contribution in [0.1, 0.15) is 31.9 Å². The maximum absolute atomic E-state index is 6.06. The Morgan fingerprint density at radius 1 is 1.00 bits per heavy atom. The van der Waals surface area contributed by atoms with Gasteiger partial charge in [0, 0.05) is 17.7 Å². The lowest BCUT2D eigenvalue weighted by Gasteiger charge is -2.18. The van der Waals surface area contributed by atoms with E-state index in [1.807, 2.05) is 56.4 Å². The first-order valence-corrected chi connectivity index (χ1v) is 7.45. The smallest absolute Gasteiger partial charge is 0.132 e. The molecule has 21 heavy (non-hydrogen) atoms. The van der Waals surface area contributed by atoms with Gasteiger partial charge in [-0.25, -0.2) is 0 Å². The number of benzene rings is 2. The van der Waals surface area contributed by atoms with Crippen molar-refractivity contribution in [2.24, 2.45) is 0 Å². The SMILES string of the molecule is CCOc1cccc(Oc2ccccc2C(CC)NC)c1. The van der Waals surface area contributed by atoms with E-state index in [0.29, 0.717) is 6.61 Å². The average molecular weight is 285 g/mol. The summed E-state index contributed by atoms with van der Waals surface area (Å²) in [4.78, 5) is 0. The first kappa shape index (κ1) is 15.4. The van der Waals surface area contributed by atoms with E-state index in [9.17, 15) is 0 Å². The molecule has 2 aromatic rings. The molecule has 0 bridgehead atoms. The average Bonchev–Trinajstić information content (AvgIpc) is 2.51. The molecule has 0 radical (unpaired) electrons. The molecule has 112 valence electrons. The molecule has 0 saturated carbocycles. The summed E-state index contributed by atoms with van der Waals surface area (Å²) in [5.41, 5.74) is 1.17. The predicted octanol–water partition coefficient (Wildman–Crippen LogP) is 4.55. The summed E-state index contributed by atoms with van der Waals surface area (Å²) in [5, 5.41) is 3.32. The highest BCUT2D eigenvalue weighted by Gasteiger charge is 2.13. The van der Waals surface area contributed by atoms with Crippen molar-refractivity contribution in [3.05, 3.63) is 54.1 Å². The fraction of sp³-hybridized carbons (Fsp3) is 0.333. The van der Waals surface area contributed by atoms with Crippen molar-refractivity contribution in [3.8, 4) is 17.2 Å². The van der Waals surface area contributed by atoms with Gasteiger partial charge in [-0.3, -0.25) is 0 Å². The molecule has 3 heteroatoms. The van der Waals surface area contributed by atoms with E-state index in [1.165, 1.54) is 5.56 Å². The van der Waals surface area contributed by atoms with Gasteiger partial charge in [-0.1, -0.05) is 31.2 Å². The Morgan fingerprint density at radius 2 is 1.76 bits per heavy atom. The van der Waals surface area contributed by atoms with Crippen LogP contribution < -0.4 is 14.8 Å². The third kappa shape index (κ3) is 3.99. The second-order valence-electron chi connectivity index (χ2n) is 4.80. The van der Waals surface area contributed by atoms with Crippen molar-refractivity contribution in [2.45, 2.75) is 26.3 Å². The van der Waals surface area contributed by atoms with Gasteiger partial charge in [0.05, 0.1) is 6.61 Å². The minimum atomic E-state index is 0.288. The zero-order valence-electron chi connectivity index (χ0n) is 12.9. The van der Waals surface area contributed by atoms with Crippen LogP contribution in [0.15, 0.2) is 48.5 Å². The van der Waals surface area contributed by atoms with Gasteiger partial charge >= 0.3 is 0 Å². The molecule has 3 nitrogen and oxygen atoms in total. The van der Waals surface area contributed by atoms with Crippen molar-refractivity contribution in [2.75, 3.05) is 13.7 Å². The second kappa shape index (κ2) is 7.70. The summed E-state index contributed by atoms with van der Waals surface area (Å²) in [5.74, 6) is 2.50. The van der Waals surface area contributed by atoms with Crippen LogP contribution in [0.5, 0.6) is 17.2 Å². The Morgan fingerprint density at radius 3 is 2.48 bits per heavy atom. The minimum absolute atomic E-state index is 0.288. The highest BCUT2D eigenvalue weighted by atomic mass is 16.5. The minimum Gasteiger partial charge on any atom is -0.494 e. The van der Waals surface area contributed by atoms with Crippen LogP contribution in [0.2, 0.25) is 0 Å². The number of rotatable bonds is 7. The lowest BCUT2D eigenvalue weighted by molar-refractivity contribution is 0.338. The maximum atomic E-state index is 6.06. The Balaban J connectivity index is 2.25. The molecule has 1 unspecified atom stereocenters. The molecular weight excluding hydrogens is 262 g/mol. The molecule has 1 N–H and O–H groups in total. The van der Waals surface area contributed by atoms with Crippen LogP contribution in [0.4, 0.5) is 0 Å². The van der Waals surface area contributed by atoms with Gasteiger partial charge in [0.25, 0.3) is 0 Å². The van der Waals surface area contributed by atoms with Crippen LogP contribution in [0.3, 0.4) is 0 Å². The van der Waals surface area contributed by atoms with Crippen LogP contribution in [0, 0.1) is 0 Å². The highest BCUT2D eigenvalue weighted by molar-refractivity contribution is 5.41. The zero-order valence-corrected chi connectivity index (χ0v) is 12.9. The van der Waals surface area contributed by atoms with Crippen molar-refractivity contribution in [1.29, 1.82) is 0 Å². The Labute approximate surface area is 126 Å². The van der Waals surface area contributed by atoms with Gasteiger partial charge < -0.3 is 14.8 Å². The van der Waals surface area contributed by atoms with E-state index < -0.39 is 0 Å². The number of nitrogens with one attached hydrogen (secondary N) is 1. The summed E-state index contributed by atoms with van der Waals surface area (Å²) in [7, 11) is 1.97. The fourth-order valence-corrected chi connectivity index (χ4v) is 2.36. The van der Waals surface area contributed by atoms with E-state index in [2.05, 4.69) is 18.3 Å². The largest absolute Gasteiger partial charge is 0.494 e. The molecule has 0 aromatic heterocycles. The van der Waals surface area contributed by atoms with Gasteiger partial charge in [0.15, 0.2) is 0 Å². The van der Waals surface area contributed by atoms with Gasteiger partial charge in [0.1, 0.15) is 17.2 Å². The summed E-state index contributed by atoms with van der Waals surface area (Å²) >= 11 is 0. The van der Waals surface area contributed by atoms with E-state index in [1.54, 1.807) is 0 Å². The Bertz CT molecular complexity index is 565. The van der Waals surface area contributed by atoms with Gasteiger partial charge in [-0.05, 0) is 38.6 Å². The predicted molar refractivity (Wildman–Crippen MR) is 86.2 cm³/mol. The number of para-hydroxylation sites is 1. The van der Waals surface area contributed by atoms with Crippen molar-refractivity contribution in [3.63, 3.8) is 0 Å². The molecule has 2 rings (SSSR count). The van der Waals surface area contributed by atoms with Crippen molar-refractivity contribution < 1.29 is 9.47 Å². The Kier molecular flexibility index (Phi) is 5.64. The fourth-order valence-electron chi connectivity index (χ4n) is 2.36. The molecule has 0 heterocycles. The normalized spacial score (nSPS) is 12.0. The molecule has 0 aliphatic rings. The summed E-state index contributed by atoms with van der Waals surface area (Å²) in [6.07, 6.45) is 1.01. The number of hydrogen-bond donors (Lipinski definition) is 1. The third-order valence-corrected chi connectivity index (χ3v) is 3.40. The molecule has 0 spiro atoms. The molecule has 0 aliphatic heterocycles. The molecule has 1 atom stereocenters. The highest BCUT2D eigenvalue weighted by Crippen LogP contribution is 2.32. The lowest BCUT2D eigenvalue weighted by atomic mass is 10.0. The topological polar surface area (TPSA) is 30.5 Å². The lowest BCUT2D eigenvalue weighted by Crippen LogP contribution is -2.15. The third-order valence-electron chi connectivity index (χ3n) is 3.40. The van der Waals surface area contributed by atoms with E-state index in [0.717, 1.165) is 23.7 Å². The monoisotopic (exact) mass is 285 g/mol. The molecule has 2 aromatic carbocycles. The van der Waals surface area contributed by atoms with Crippen LogP contribution >= 0.6 is 0 Å². The first-order valence-electron chi connectivity index (χ1n) is 7.45. The summed E-state index contributed by atoms with van der Waals surface area (Å²) < 4.78 is 11.6. The maximum Gasteiger partial charge on any atom is 0.132 e. The van der Waals surface area contributed by atoms with Crippen LogP contribution in [-0.4, -0.2) is 13.7 Å². The summed E-state index contributed by atoms with van der Waals surface area (Å²) in [6, 6.07) is 16.2. The summed E-state index contributed by atoms with van der Waals surface area (Å²) in [6.45, 7) is 4.78. The van der Waals surface area contributed by atoms with E-state index >= 15 is 0 Å². The molecular formula is C18H23NO2. The van der Waals surface area contributed by atoms with Crippen LogP contribution in [0.25, 0.3) is 0 Å². The van der Waals surface area contributed by atoms with E-state index in [-0.39, 0.29) is 6.04 Å². The molecule has 0 amide bonds. The van der Waals surface area contributed by atoms with Crippen LogP contribution in [-0.2, 0) is 0 Å². The van der Waals surface area contributed by atoms with Crippen molar-refractivity contribution >= 4 is 0 Å². The quantitative estimate of drug-likeness (QED) is 0.809. The number of ether oxygens (including phenoxy) is 2. The van der Waals surface area contributed by atoms with E-state index in [4.69, 9.17) is 9.47 Å². The molecule has 0 saturated heterocycles. The van der Waals surface area contributed by atoms with Crippen molar-refractivity contribution in [1.82, 2.24) is 5.32 Å². The molecule has 0 aliphatic carbocycles. The van der Waals surface area contributed by atoms with Gasteiger partial charge in [-0.2, -0.15) is 0 Å². The zero-order chi connectivity index (χ0) is 15.1.